The van der Waals surface area contributed by atoms with E-state index in [1.807, 2.05) is 0 Å². The summed E-state index contributed by atoms with van der Waals surface area (Å²) in [5.41, 5.74) is 0. The Hall–Kier alpha value is -0.530. The summed E-state index contributed by atoms with van der Waals surface area (Å²) in [6.45, 7) is 5.93. The van der Waals surface area contributed by atoms with E-state index < -0.39 is 14.8 Å². The number of hydrogen-bond donors (Lipinski definition) is 0. The second-order valence-electron chi connectivity index (χ2n) is 5.29. The van der Waals surface area contributed by atoms with Crippen LogP contribution in [0.3, 0.4) is 0 Å². The van der Waals surface area contributed by atoms with Gasteiger partial charge in [-0.3, -0.25) is 0 Å². The van der Waals surface area contributed by atoms with Crippen LogP contribution in [0.15, 0.2) is 0 Å². The molecule has 16 heavy (non-hydrogen) atoms. The minimum Gasteiger partial charge on any atom is -0.212 e. The molecule has 0 aromatic heterocycles. The molecule has 0 aliphatic carbocycles. The highest BCUT2D eigenvalue weighted by atomic mass is 32.2. The van der Waals surface area contributed by atoms with Crippen LogP contribution in [0.25, 0.3) is 0 Å². The average molecular weight is 243 g/mol. The maximum Gasteiger partial charge on any atom is 0.219 e. The first-order chi connectivity index (χ1) is 7.30. The average Bonchev–Trinajstić information content (AvgIpc) is 2.90. The summed E-state index contributed by atoms with van der Waals surface area (Å²) < 4.78 is 24.9. The smallest absolute Gasteiger partial charge is 0.212 e. The maximum absolute atomic E-state index is 12.0. The molecule has 0 N–H and O–H groups in total. The fourth-order valence-corrected chi connectivity index (χ4v) is 3.22. The van der Waals surface area contributed by atoms with Crippen LogP contribution in [-0.4, -0.2) is 30.1 Å². The molecule has 0 aromatic carbocycles. The van der Waals surface area contributed by atoms with E-state index in [1.54, 1.807) is 25.1 Å². The molecule has 2 atom stereocenters. The van der Waals surface area contributed by atoms with Crippen molar-refractivity contribution < 1.29 is 8.42 Å². The molecule has 2 unspecified atom stereocenters. The van der Waals surface area contributed by atoms with Gasteiger partial charge in [-0.2, -0.15) is 4.31 Å². The quantitative estimate of drug-likeness (QED) is 0.421. The molecule has 0 aromatic rings. The van der Waals surface area contributed by atoms with Crippen molar-refractivity contribution in [2.75, 3.05) is 6.54 Å². The molecular formula is C12H21NO2S. The van der Waals surface area contributed by atoms with Crippen LogP contribution in [0.5, 0.6) is 0 Å². The zero-order valence-corrected chi connectivity index (χ0v) is 11.2. The lowest BCUT2D eigenvalue weighted by Crippen LogP contribution is -2.34. The minimum absolute atomic E-state index is 0.224. The number of nitrogens with zero attached hydrogens (tertiary/aromatic N) is 1. The van der Waals surface area contributed by atoms with Gasteiger partial charge in [-0.1, -0.05) is 6.42 Å². The van der Waals surface area contributed by atoms with Gasteiger partial charge in [0.2, 0.25) is 10.0 Å². The van der Waals surface area contributed by atoms with Crippen molar-refractivity contribution in [1.29, 1.82) is 0 Å². The molecule has 0 radical (unpaired) electrons. The Labute approximate surface area is 99.3 Å². The molecule has 0 spiro atoms. The number of rotatable bonds is 5. The lowest BCUT2D eigenvalue weighted by atomic mass is 10.1. The molecule has 0 amide bonds. The summed E-state index contributed by atoms with van der Waals surface area (Å²) in [6.07, 6.45) is 8.91. The van der Waals surface area contributed by atoms with Gasteiger partial charge in [0.15, 0.2) is 0 Å². The fraction of sp³-hybridized carbons (Fsp3) is 0.833. The zero-order chi connectivity index (χ0) is 12.4. The van der Waals surface area contributed by atoms with Gasteiger partial charge in [-0.25, -0.2) is 8.42 Å². The van der Waals surface area contributed by atoms with Crippen LogP contribution in [0, 0.1) is 12.3 Å². The third-order valence-electron chi connectivity index (χ3n) is 2.86. The van der Waals surface area contributed by atoms with Gasteiger partial charge in [0.05, 0.1) is 4.75 Å². The monoisotopic (exact) mass is 243 g/mol. The maximum atomic E-state index is 12.0. The second kappa shape index (κ2) is 4.77. The minimum atomic E-state index is -3.10. The van der Waals surface area contributed by atoms with Crippen molar-refractivity contribution in [3.8, 4) is 12.3 Å². The van der Waals surface area contributed by atoms with Gasteiger partial charge >= 0.3 is 0 Å². The Kier molecular flexibility index (Phi) is 4.03. The molecule has 0 bridgehead atoms. The lowest BCUT2D eigenvalue weighted by Gasteiger charge is -2.20. The molecule has 1 saturated heterocycles. The largest absolute Gasteiger partial charge is 0.219 e. The Morgan fingerprint density at radius 2 is 2.00 bits per heavy atom. The molecule has 1 aliphatic heterocycles. The Bertz CT molecular complexity index is 373. The molecular weight excluding hydrogens is 222 g/mol. The Balaban J connectivity index is 2.38. The number of unbranched alkanes of at least 4 members (excludes halogenated alkanes) is 2. The van der Waals surface area contributed by atoms with Crippen molar-refractivity contribution >= 4 is 10.0 Å². The lowest BCUT2D eigenvalue weighted by molar-refractivity contribution is 0.508. The highest BCUT2D eigenvalue weighted by Gasteiger charge is 2.48. The summed E-state index contributed by atoms with van der Waals surface area (Å²) in [5.74, 6) is 2.60. The van der Waals surface area contributed by atoms with E-state index >= 15 is 0 Å². The van der Waals surface area contributed by atoms with Gasteiger partial charge in [0, 0.05) is 19.0 Å². The molecule has 4 heteroatoms. The van der Waals surface area contributed by atoms with Gasteiger partial charge in [-0.05, 0) is 33.6 Å². The molecule has 0 saturated carbocycles. The van der Waals surface area contributed by atoms with Crippen molar-refractivity contribution in [1.82, 2.24) is 4.31 Å². The Morgan fingerprint density at radius 1 is 1.38 bits per heavy atom. The fourth-order valence-electron chi connectivity index (χ4n) is 1.65. The summed E-state index contributed by atoms with van der Waals surface area (Å²) in [6, 6.07) is 0.224. The van der Waals surface area contributed by atoms with E-state index in [0.29, 0.717) is 6.54 Å². The molecule has 1 aliphatic rings. The summed E-state index contributed by atoms with van der Waals surface area (Å²) in [7, 11) is -3.10. The third kappa shape index (κ3) is 2.99. The van der Waals surface area contributed by atoms with Crippen LogP contribution >= 0.6 is 0 Å². The van der Waals surface area contributed by atoms with Gasteiger partial charge in [0.25, 0.3) is 0 Å². The molecule has 1 fully saturated rings. The topological polar surface area (TPSA) is 37.1 Å². The van der Waals surface area contributed by atoms with E-state index in [2.05, 4.69) is 5.92 Å². The predicted octanol–water partition coefficient (Wildman–Crippen LogP) is 1.99. The van der Waals surface area contributed by atoms with Crippen LogP contribution in [0.4, 0.5) is 0 Å². The van der Waals surface area contributed by atoms with Crippen molar-refractivity contribution in [2.45, 2.75) is 57.2 Å². The van der Waals surface area contributed by atoms with E-state index in [4.69, 9.17) is 6.42 Å². The van der Waals surface area contributed by atoms with Crippen LogP contribution in [-0.2, 0) is 10.0 Å². The zero-order valence-electron chi connectivity index (χ0n) is 10.4. The van der Waals surface area contributed by atoms with E-state index in [-0.39, 0.29) is 6.04 Å². The molecule has 1 rings (SSSR count). The van der Waals surface area contributed by atoms with Crippen LogP contribution in [0.2, 0.25) is 0 Å². The number of hydrogen-bond acceptors (Lipinski definition) is 2. The van der Waals surface area contributed by atoms with E-state index in [1.165, 1.54) is 0 Å². The third-order valence-corrected chi connectivity index (χ3v) is 5.47. The van der Waals surface area contributed by atoms with Crippen LogP contribution < -0.4 is 0 Å². The van der Waals surface area contributed by atoms with Crippen LogP contribution in [0.1, 0.15) is 46.5 Å². The van der Waals surface area contributed by atoms with Crippen molar-refractivity contribution in [3.63, 3.8) is 0 Å². The SMILES string of the molecule is C#CCCCCC1CN1S(=O)(=O)C(C)(C)C. The summed E-state index contributed by atoms with van der Waals surface area (Å²) >= 11 is 0. The predicted molar refractivity (Wildman–Crippen MR) is 66.5 cm³/mol. The highest BCUT2D eigenvalue weighted by Crippen LogP contribution is 2.33. The highest BCUT2D eigenvalue weighted by molar-refractivity contribution is 7.90. The first-order valence-corrected chi connectivity index (χ1v) is 7.19. The summed E-state index contributed by atoms with van der Waals surface area (Å²) in [4.78, 5) is 0. The van der Waals surface area contributed by atoms with Gasteiger partial charge in [0.1, 0.15) is 0 Å². The standard InChI is InChI=1S/C12H21NO2S/c1-5-6-7-8-9-11-10-13(11)16(14,15)12(2,3)4/h1,11H,6-10H2,2-4H3. The van der Waals surface area contributed by atoms with Gasteiger partial charge in [-0.15, -0.1) is 12.3 Å². The number of sulfonamides is 1. The first-order valence-electron chi connectivity index (χ1n) is 5.75. The van der Waals surface area contributed by atoms with E-state index in [9.17, 15) is 8.42 Å². The second-order valence-corrected chi connectivity index (χ2v) is 7.93. The molecule has 3 nitrogen and oxygen atoms in total. The van der Waals surface area contributed by atoms with E-state index in [0.717, 1.165) is 25.7 Å². The molecule has 1 heterocycles. The first kappa shape index (κ1) is 13.5. The van der Waals surface area contributed by atoms with Crippen molar-refractivity contribution in [2.24, 2.45) is 0 Å². The number of terminal acetylenes is 1. The summed E-state index contributed by atoms with van der Waals surface area (Å²) in [5, 5.41) is 0. The van der Waals surface area contributed by atoms with Gasteiger partial charge < -0.3 is 0 Å². The van der Waals surface area contributed by atoms with Crippen molar-refractivity contribution in [3.05, 3.63) is 0 Å². The molecule has 92 valence electrons. The normalized spacial score (nSPS) is 25.1. The Morgan fingerprint density at radius 3 is 2.50 bits per heavy atom.